The summed E-state index contributed by atoms with van der Waals surface area (Å²) in [7, 11) is 3.66. The predicted molar refractivity (Wildman–Crippen MR) is 149 cm³/mol. The van der Waals surface area contributed by atoms with Crippen LogP contribution >= 0.6 is 0 Å². The second kappa shape index (κ2) is 10.1. The molecular weight excluding hydrogens is 531 g/mol. The van der Waals surface area contributed by atoms with E-state index in [4.69, 9.17) is 0 Å². The first kappa shape index (κ1) is 27.2. The number of fused-ring (bicyclic) bond motifs is 1. The molecule has 214 valence electrons. The lowest BCUT2D eigenvalue weighted by molar-refractivity contribution is -0.138. The van der Waals surface area contributed by atoms with Gasteiger partial charge in [-0.25, -0.2) is 0 Å². The zero-order valence-electron chi connectivity index (χ0n) is 23.4. The van der Waals surface area contributed by atoms with E-state index in [0.717, 1.165) is 42.4 Å². The minimum absolute atomic E-state index is 0.0570. The van der Waals surface area contributed by atoms with Crippen LogP contribution in [0.15, 0.2) is 55.0 Å². The normalized spacial score (nSPS) is 21.5. The van der Waals surface area contributed by atoms with E-state index in [1.54, 1.807) is 32.7 Å². The summed E-state index contributed by atoms with van der Waals surface area (Å²) in [6, 6.07) is 10.5. The molecule has 8 nitrogen and oxygen atoms in total. The molecule has 1 fully saturated rings. The van der Waals surface area contributed by atoms with Crippen molar-refractivity contribution in [1.82, 2.24) is 29.4 Å². The second-order valence-electron chi connectivity index (χ2n) is 11.5. The van der Waals surface area contributed by atoms with Crippen LogP contribution in [-0.4, -0.2) is 55.0 Å². The van der Waals surface area contributed by atoms with Crippen LogP contribution in [-0.2, 0) is 20.3 Å². The largest absolute Gasteiger partial charge is 0.416 e. The first-order valence-corrected chi connectivity index (χ1v) is 13.8. The molecule has 4 aromatic rings. The number of benzene rings is 2. The maximum absolute atomic E-state index is 14.3. The van der Waals surface area contributed by atoms with Crippen LogP contribution in [0, 0.1) is 11.8 Å². The van der Waals surface area contributed by atoms with Crippen molar-refractivity contribution in [3.63, 3.8) is 0 Å². The van der Waals surface area contributed by atoms with E-state index < -0.39 is 23.7 Å². The molecule has 0 aliphatic carbocycles. The summed E-state index contributed by atoms with van der Waals surface area (Å²) in [4.78, 5) is 17.7. The van der Waals surface area contributed by atoms with Crippen LogP contribution in [0.3, 0.4) is 0 Å². The summed E-state index contributed by atoms with van der Waals surface area (Å²) in [5.74, 6) is 1.05. The molecule has 2 aliphatic heterocycles. The second-order valence-corrected chi connectivity index (χ2v) is 11.5. The van der Waals surface area contributed by atoms with Crippen molar-refractivity contribution >= 4 is 11.6 Å². The van der Waals surface area contributed by atoms with Gasteiger partial charge in [0.15, 0.2) is 5.82 Å². The Bertz CT molecular complexity index is 1600. The van der Waals surface area contributed by atoms with Gasteiger partial charge in [-0.15, -0.1) is 10.2 Å². The van der Waals surface area contributed by atoms with Gasteiger partial charge in [-0.2, -0.15) is 18.3 Å². The highest BCUT2D eigenvalue weighted by molar-refractivity contribution is 6.11. The fourth-order valence-corrected chi connectivity index (χ4v) is 6.69. The van der Waals surface area contributed by atoms with E-state index in [-0.39, 0.29) is 11.1 Å². The Morgan fingerprint density at radius 2 is 1.73 bits per heavy atom. The van der Waals surface area contributed by atoms with E-state index in [1.807, 2.05) is 32.3 Å². The molecule has 1 saturated heterocycles. The topological polar surface area (TPSA) is 72.1 Å². The van der Waals surface area contributed by atoms with Crippen LogP contribution in [0.2, 0.25) is 0 Å². The van der Waals surface area contributed by atoms with Gasteiger partial charge >= 0.3 is 6.18 Å². The molecule has 0 N–H and O–H groups in total. The van der Waals surface area contributed by atoms with Crippen molar-refractivity contribution in [2.45, 2.75) is 32.5 Å². The molecule has 3 atom stereocenters. The van der Waals surface area contributed by atoms with Crippen LogP contribution in [0.1, 0.15) is 47.8 Å². The van der Waals surface area contributed by atoms with Crippen LogP contribution in [0.5, 0.6) is 0 Å². The first-order chi connectivity index (χ1) is 19.5. The van der Waals surface area contributed by atoms with Crippen molar-refractivity contribution in [3.05, 3.63) is 71.7 Å². The summed E-state index contributed by atoms with van der Waals surface area (Å²) in [6.45, 7) is 6.22. The highest BCUT2D eigenvalue weighted by atomic mass is 19.4. The number of aromatic nitrogens is 5. The van der Waals surface area contributed by atoms with E-state index in [1.165, 1.54) is 12.1 Å². The number of alkyl halides is 3. The zero-order valence-corrected chi connectivity index (χ0v) is 23.4. The van der Waals surface area contributed by atoms with Crippen LogP contribution < -0.4 is 4.90 Å². The van der Waals surface area contributed by atoms with Gasteiger partial charge < -0.3 is 9.47 Å². The van der Waals surface area contributed by atoms with Crippen molar-refractivity contribution in [3.8, 4) is 22.6 Å². The average molecular weight is 564 g/mol. The van der Waals surface area contributed by atoms with Gasteiger partial charge in [0.1, 0.15) is 6.33 Å². The Kier molecular flexibility index (Phi) is 6.72. The fraction of sp³-hybridized carbons (Fsp3) is 0.400. The standard InChI is InChI=1S/C30H32F3N7O/c1-18-11-19(2)15-39(14-18)16-25-26-22(9-6-10-24(26)30(31,32)33)29(41)40(25)21-8-5-7-20(12-21)27-23(13-35-38(27)4)28-36-34-17-37(28)3/h5-10,12-13,17-19,25H,11,14-16H2,1-4H3/t18-,19+,25?. The number of aryl methyl sites for hydroxylation is 2. The maximum Gasteiger partial charge on any atom is 0.416 e. The molecule has 0 bridgehead atoms. The molecule has 11 heteroatoms. The van der Waals surface area contributed by atoms with Crippen molar-refractivity contribution in [1.29, 1.82) is 0 Å². The molecule has 2 aromatic heterocycles. The minimum Gasteiger partial charge on any atom is -0.317 e. The molecule has 2 aliphatic rings. The Balaban J connectivity index is 1.46. The predicted octanol–water partition coefficient (Wildman–Crippen LogP) is 5.58. The van der Waals surface area contributed by atoms with E-state index in [9.17, 15) is 18.0 Å². The highest BCUT2D eigenvalue weighted by Gasteiger charge is 2.46. The van der Waals surface area contributed by atoms with Crippen molar-refractivity contribution in [2.75, 3.05) is 24.5 Å². The summed E-state index contributed by atoms with van der Waals surface area (Å²) < 4.78 is 46.5. The number of rotatable bonds is 5. The molecule has 0 radical (unpaired) electrons. The molecule has 4 heterocycles. The van der Waals surface area contributed by atoms with Gasteiger partial charge in [-0.3, -0.25) is 14.4 Å². The number of carbonyl (C=O) groups excluding carboxylic acids is 1. The fourth-order valence-electron chi connectivity index (χ4n) is 6.69. The molecule has 1 unspecified atom stereocenters. The highest BCUT2D eigenvalue weighted by Crippen LogP contribution is 2.46. The third kappa shape index (κ3) is 4.81. The molecule has 1 amide bonds. The summed E-state index contributed by atoms with van der Waals surface area (Å²) >= 11 is 0. The average Bonchev–Trinajstić information content (AvgIpc) is 3.58. The minimum atomic E-state index is -4.58. The SMILES string of the molecule is C[C@@H]1C[C@H](C)CN(CC2c3c(cccc3C(F)(F)F)C(=O)N2c2cccc(-c3c(-c4nncn4C)cnn3C)c2)C1. The maximum atomic E-state index is 14.3. The first-order valence-electron chi connectivity index (χ1n) is 13.8. The Morgan fingerprint density at radius 1 is 1.00 bits per heavy atom. The molecule has 0 saturated carbocycles. The van der Waals surface area contributed by atoms with Gasteiger partial charge in [0.05, 0.1) is 29.1 Å². The van der Waals surface area contributed by atoms with E-state index in [0.29, 0.717) is 29.9 Å². The summed E-state index contributed by atoms with van der Waals surface area (Å²) in [6.07, 6.45) is -0.188. The Labute approximate surface area is 236 Å². The number of hydrogen-bond donors (Lipinski definition) is 0. The molecule has 41 heavy (non-hydrogen) atoms. The van der Waals surface area contributed by atoms with Crippen LogP contribution in [0.25, 0.3) is 22.6 Å². The van der Waals surface area contributed by atoms with E-state index >= 15 is 0 Å². The van der Waals surface area contributed by atoms with Gasteiger partial charge in [0, 0.05) is 56.1 Å². The van der Waals surface area contributed by atoms with Gasteiger partial charge in [-0.05, 0) is 42.5 Å². The van der Waals surface area contributed by atoms with Crippen molar-refractivity contribution < 1.29 is 18.0 Å². The molecular formula is C30H32F3N7O. The quantitative estimate of drug-likeness (QED) is 0.317. The number of piperidine rings is 1. The third-order valence-electron chi connectivity index (χ3n) is 8.17. The number of anilines is 1. The lowest BCUT2D eigenvalue weighted by atomic mass is 9.90. The number of carbonyl (C=O) groups is 1. The Morgan fingerprint density at radius 3 is 2.41 bits per heavy atom. The molecule has 6 rings (SSSR count). The number of halogens is 3. The monoisotopic (exact) mass is 563 g/mol. The molecule has 0 spiro atoms. The lowest BCUT2D eigenvalue weighted by Crippen LogP contribution is -2.44. The zero-order chi connectivity index (χ0) is 29.1. The lowest BCUT2D eigenvalue weighted by Gasteiger charge is -2.38. The molecule has 2 aromatic carbocycles. The van der Waals surface area contributed by atoms with Crippen LogP contribution in [0.4, 0.5) is 18.9 Å². The number of amides is 1. The Hall–Kier alpha value is -3.99. The van der Waals surface area contributed by atoms with E-state index in [2.05, 4.69) is 34.0 Å². The summed E-state index contributed by atoms with van der Waals surface area (Å²) in [5.41, 5.74) is 2.23. The summed E-state index contributed by atoms with van der Waals surface area (Å²) in [5, 5.41) is 12.6. The van der Waals surface area contributed by atoms with Crippen molar-refractivity contribution in [2.24, 2.45) is 25.9 Å². The number of likely N-dealkylation sites (tertiary alicyclic amines) is 1. The number of hydrogen-bond acceptors (Lipinski definition) is 5. The van der Waals surface area contributed by atoms with Gasteiger partial charge in [-0.1, -0.05) is 32.0 Å². The smallest absolute Gasteiger partial charge is 0.317 e. The third-order valence-corrected chi connectivity index (χ3v) is 8.17. The number of nitrogens with zero attached hydrogens (tertiary/aromatic N) is 7. The van der Waals surface area contributed by atoms with Gasteiger partial charge in [0.2, 0.25) is 0 Å². The van der Waals surface area contributed by atoms with Gasteiger partial charge in [0.25, 0.3) is 5.91 Å².